The van der Waals surface area contributed by atoms with Crippen molar-refractivity contribution < 1.29 is 4.79 Å². The van der Waals surface area contributed by atoms with Gasteiger partial charge < -0.3 is 5.32 Å². The Morgan fingerprint density at radius 3 is 2.40 bits per heavy atom. The molecule has 15 heavy (non-hydrogen) atoms. The average Bonchev–Trinajstić information content (AvgIpc) is 2.86. The van der Waals surface area contributed by atoms with Crippen LogP contribution >= 0.6 is 0 Å². The fourth-order valence-corrected chi connectivity index (χ4v) is 2.06. The fourth-order valence-electron chi connectivity index (χ4n) is 2.06. The minimum Gasteiger partial charge on any atom is -0.356 e. The van der Waals surface area contributed by atoms with E-state index in [9.17, 15) is 4.79 Å². The Hall–Kier alpha value is -0.530. The van der Waals surface area contributed by atoms with Gasteiger partial charge in [-0.05, 0) is 31.1 Å². The van der Waals surface area contributed by atoms with E-state index in [2.05, 4.69) is 26.1 Å². The fraction of sp³-hybridized carbons (Fsp3) is 0.923. The van der Waals surface area contributed by atoms with E-state index < -0.39 is 0 Å². The van der Waals surface area contributed by atoms with Gasteiger partial charge in [-0.25, -0.2) is 0 Å². The second-order valence-electron chi connectivity index (χ2n) is 5.83. The minimum absolute atomic E-state index is 0.0914. The number of nitrogens with one attached hydrogen (secondary N) is 1. The van der Waals surface area contributed by atoms with Crippen molar-refractivity contribution in [1.82, 2.24) is 5.32 Å². The second kappa shape index (κ2) is 5.00. The smallest absolute Gasteiger partial charge is 0.223 e. The molecule has 0 heterocycles. The predicted octanol–water partition coefficient (Wildman–Crippen LogP) is 2.98. The van der Waals surface area contributed by atoms with Crippen LogP contribution in [-0.4, -0.2) is 12.5 Å². The molecule has 2 nitrogen and oxygen atoms in total. The zero-order chi connectivity index (χ0) is 11.5. The van der Waals surface area contributed by atoms with E-state index in [1.807, 2.05) is 6.92 Å². The molecule has 0 spiro atoms. The molecule has 1 aliphatic rings. The van der Waals surface area contributed by atoms with Gasteiger partial charge in [-0.1, -0.05) is 33.6 Å². The molecule has 1 atom stereocenters. The van der Waals surface area contributed by atoms with Crippen molar-refractivity contribution in [2.75, 3.05) is 6.54 Å². The molecule has 0 aromatic rings. The maximum atomic E-state index is 11.9. The van der Waals surface area contributed by atoms with E-state index in [-0.39, 0.29) is 17.2 Å². The molecule has 0 radical (unpaired) electrons. The van der Waals surface area contributed by atoms with E-state index in [1.165, 1.54) is 19.3 Å². The lowest BCUT2D eigenvalue weighted by atomic mass is 9.77. The molecule has 1 fully saturated rings. The van der Waals surface area contributed by atoms with Gasteiger partial charge >= 0.3 is 0 Å². The van der Waals surface area contributed by atoms with Gasteiger partial charge in [0.1, 0.15) is 0 Å². The largest absolute Gasteiger partial charge is 0.356 e. The van der Waals surface area contributed by atoms with Gasteiger partial charge in [-0.15, -0.1) is 0 Å². The van der Waals surface area contributed by atoms with Crippen molar-refractivity contribution in [3.63, 3.8) is 0 Å². The highest BCUT2D eigenvalue weighted by molar-refractivity contribution is 5.79. The molecule has 0 aromatic heterocycles. The Morgan fingerprint density at radius 1 is 1.40 bits per heavy atom. The zero-order valence-electron chi connectivity index (χ0n) is 10.6. The number of hydrogen-bond acceptors (Lipinski definition) is 1. The molecule has 1 aliphatic carbocycles. The highest BCUT2D eigenvalue weighted by Gasteiger charge is 2.32. The Labute approximate surface area is 93.8 Å². The Kier molecular flexibility index (Phi) is 4.18. The average molecular weight is 211 g/mol. The summed E-state index contributed by atoms with van der Waals surface area (Å²) in [5.74, 6) is 1.34. The lowest BCUT2D eigenvalue weighted by molar-refractivity contribution is -0.128. The number of rotatable bonds is 5. The van der Waals surface area contributed by atoms with E-state index in [0.29, 0.717) is 0 Å². The van der Waals surface area contributed by atoms with Gasteiger partial charge in [0, 0.05) is 12.5 Å². The van der Waals surface area contributed by atoms with Crippen molar-refractivity contribution >= 4 is 5.91 Å². The van der Waals surface area contributed by atoms with Crippen LogP contribution in [-0.2, 0) is 4.79 Å². The van der Waals surface area contributed by atoms with Crippen LogP contribution in [0.2, 0.25) is 0 Å². The summed E-state index contributed by atoms with van der Waals surface area (Å²) in [4.78, 5) is 11.9. The van der Waals surface area contributed by atoms with Crippen LogP contribution in [0.1, 0.15) is 53.4 Å². The van der Waals surface area contributed by atoms with Gasteiger partial charge in [0.15, 0.2) is 0 Å². The molecule has 88 valence electrons. The van der Waals surface area contributed by atoms with Crippen LogP contribution in [0.15, 0.2) is 0 Å². The highest BCUT2D eigenvalue weighted by atomic mass is 16.1. The van der Waals surface area contributed by atoms with Crippen molar-refractivity contribution in [3.05, 3.63) is 0 Å². The third kappa shape index (κ3) is 4.23. The summed E-state index contributed by atoms with van der Waals surface area (Å²) in [5, 5.41) is 2.96. The van der Waals surface area contributed by atoms with Crippen LogP contribution < -0.4 is 5.32 Å². The molecular weight excluding hydrogens is 186 g/mol. The van der Waals surface area contributed by atoms with E-state index in [1.54, 1.807) is 0 Å². The van der Waals surface area contributed by atoms with Crippen molar-refractivity contribution in [2.45, 2.75) is 53.4 Å². The number of carbonyl (C=O) groups excluding carboxylic acids is 1. The topological polar surface area (TPSA) is 29.1 Å². The highest BCUT2D eigenvalue weighted by Crippen LogP contribution is 2.38. The van der Waals surface area contributed by atoms with Crippen molar-refractivity contribution in [1.29, 1.82) is 0 Å². The monoisotopic (exact) mass is 211 g/mol. The van der Waals surface area contributed by atoms with Crippen LogP contribution in [0.3, 0.4) is 0 Å². The quantitative estimate of drug-likeness (QED) is 0.744. The minimum atomic E-state index is 0.0914. The molecule has 1 saturated carbocycles. The molecule has 1 rings (SSSR count). The summed E-state index contributed by atoms with van der Waals surface area (Å²) in [7, 11) is 0. The summed E-state index contributed by atoms with van der Waals surface area (Å²) in [6.45, 7) is 9.23. The molecule has 0 aliphatic heterocycles. The van der Waals surface area contributed by atoms with Gasteiger partial charge in [0.05, 0.1) is 0 Å². The Balaban J connectivity index is 2.47. The van der Waals surface area contributed by atoms with Crippen molar-refractivity contribution in [2.24, 2.45) is 17.3 Å². The predicted molar refractivity (Wildman–Crippen MR) is 63.6 cm³/mol. The molecule has 0 aromatic carbocycles. The molecule has 1 unspecified atom stereocenters. The molecular formula is C13H25NO. The van der Waals surface area contributed by atoms with Crippen LogP contribution in [0.5, 0.6) is 0 Å². The molecule has 1 N–H and O–H groups in total. The number of hydrogen-bond donors (Lipinski definition) is 1. The first kappa shape index (κ1) is 12.5. The first-order valence-electron chi connectivity index (χ1n) is 6.23. The standard InChI is InChI=1S/C13H25NO/c1-5-14-12(15)11(13(2,3)4)9-8-10-6-7-10/h10-11H,5-9H2,1-4H3,(H,14,15). The lowest BCUT2D eigenvalue weighted by Crippen LogP contribution is -2.37. The van der Waals surface area contributed by atoms with Gasteiger partial charge in [0.25, 0.3) is 0 Å². The lowest BCUT2D eigenvalue weighted by Gasteiger charge is -2.29. The molecule has 0 saturated heterocycles. The third-order valence-corrected chi connectivity index (χ3v) is 3.27. The SMILES string of the molecule is CCNC(=O)C(CCC1CC1)C(C)(C)C. The van der Waals surface area contributed by atoms with E-state index in [0.717, 1.165) is 18.9 Å². The van der Waals surface area contributed by atoms with Gasteiger partial charge in [-0.2, -0.15) is 0 Å². The van der Waals surface area contributed by atoms with Crippen LogP contribution in [0.4, 0.5) is 0 Å². The molecule has 2 heteroatoms. The number of amides is 1. The second-order valence-corrected chi connectivity index (χ2v) is 5.83. The normalized spacial score (nSPS) is 18.7. The Bertz CT molecular complexity index is 213. The first-order valence-corrected chi connectivity index (χ1v) is 6.23. The van der Waals surface area contributed by atoms with Gasteiger partial charge in [0.2, 0.25) is 5.91 Å². The molecule has 1 amide bonds. The summed E-state index contributed by atoms with van der Waals surface area (Å²) in [6.07, 6.45) is 5.05. The maximum Gasteiger partial charge on any atom is 0.223 e. The molecule has 0 bridgehead atoms. The van der Waals surface area contributed by atoms with E-state index >= 15 is 0 Å². The van der Waals surface area contributed by atoms with Gasteiger partial charge in [-0.3, -0.25) is 4.79 Å². The summed E-state index contributed by atoms with van der Waals surface area (Å²) < 4.78 is 0. The third-order valence-electron chi connectivity index (χ3n) is 3.27. The zero-order valence-corrected chi connectivity index (χ0v) is 10.6. The van der Waals surface area contributed by atoms with Crippen molar-refractivity contribution in [3.8, 4) is 0 Å². The van der Waals surface area contributed by atoms with Crippen LogP contribution in [0, 0.1) is 17.3 Å². The summed E-state index contributed by atoms with van der Waals surface area (Å²) >= 11 is 0. The van der Waals surface area contributed by atoms with Crippen LogP contribution in [0.25, 0.3) is 0 Å². The van der Waals surface area contributed by atoms with E-state index in [4.69, 9.17) is 0 Å². The maximum absolute atomic E-state index is 11.9. The number of carbonyl (C=O) groups is 1. The summed E-state index contributed by atoms with van der Waals surface area (Å²) in [6, 6.07) is 0. The Morgan fingerprint density at radius 2 is 2.00 bits per heavy atom. The first-order chi connectivity index (χ1) is 6.95. The summed E-state index contributed by atoms with van der Waals surface area (Å²) in [5.41, 5.74) is 0.0914.